The van der Waals surface area contributed by atoms with E-state index in [1.165, 1.54) is 24.4 Å². The Hall–Kier alpha value is -1.87. The lowest BCUT2D eigenvalue weighted by atomic mass is 10.2. The highest BCUT2D eigenvalue weighted by Crippen LogP contribution is 2.27. The van der Waals surface area contributed by atoms with E-state index in [2.05, 4.69) is 30.6 Å². The normalized spacial score (nSPS) is 11.2. The monoisotopic (exact) mass is 487 g/mol. The molecule has 0 amide bonds. The Morgan fingerprint density at radius 2 is 1.74 bits per heavy atom. The predicted molar refractivity (Wildman–Crippen MR) is 108 cm³/mol. The average Bonchev–Trinajstić information content (AvgIpc) is 2.62. The van der Waals surface area contributed by atoms with Gasteiger partial charge in [-0.2, -0.15) is 0 Å². The van der Waals surface area contributed by atoms with Gasteiger partial charge in [0.2, 0.25) is 5.82 Å². The van der Waals surface area contributed by atoms with Gasteiger partial charge in [-0.3, -0.25) is 4.72 Å². The number of aromatic nitrogens is 2. The second kappa shape index (κ2) is 8.43. The highest BCUT2D eigenvalue weighted by atomic mass is 79.9. The molecule has 140 valence electrons. The van der Waals surface area contributed by atoms with Crippen molar-refractivity contribution in [2.75, 3.05) is 4.72 Å². The van der Waals surface area contributed by atoms with Crippen LogP contribution in [0, 0.1) is 0 Å². The van der Waals surface area contributed by atoms with Gasteiger partial charge in [0.1, 0.15) is 11.2 Å². The first-order valence-electron chi connectivity index (χ1n) is 7.52. The SMILES string of the molecule is O=S(=O)(Nc1ncc(Br)nc1OCc1ccccc1)c1cc(Cl)cc(Cl)c1. The van der Waals surface area contributed by atoms with E-state index in [1.54, 1.807) is 0 Å². The first kappa shape index (κ1) is 19.9. The van der Waals surface area contributed by atoms with Gasteiger partial charge < -0.3 is 4.74 Å². The molecule has 1 aromatic heterocycles. The van der Waals surface area contributed by atoms with Crippen LogP contribution in [0.25, 0.3) is 0 Å². The molecule has 1 heterocycles. The molecular formula is C17H12BrCl2N3O3S. The van der Waals surface area contributed by atoms with Crippen LogP contribution in [0.2, 0.25) is 10.0 Å². The van der Waals surface area contributed by atoms with Gasteiger partial charge in [-0.25, -0.2) is 18.4 Å². The molecule has 2 aromatic carbocycles. The van der Waals surface area contributed by atoms with Gasteiger partial charge in [0.05, 0.1) is 11.1 Å². The fourth-order valence-corrected chi connectivity index (χ4v) is 4.11. The Morgan fingerprint density at radius 1 is 1.07 bits per heavy atom. The summed E-state index contributed by atoms with van der Waals surface area (Å²) in [5.74, 6) is -0.0184. The van der Waals surface area contributed by atoms with Crippen LogP contribution in [0.5, 0.6) is 5.88 Å². The van der Waals surface area contributed by atoms with Gasteiger partial charge >= 0.3 is 0 Å². The Morgan fingerprint density at radius 3 is 2.41 bits per heavy atom. The van der Waals surface area contributed by atoms with Gasteiger partial charge in [0.25, 0.3) is 15.9 Å². The lowest BCUT2D eigenvalue weighted by Gasteiger charge is -2.12. The number of nitrogens with one attached hydrogen (secondary N) is 1. The molecule has 0 spiro atoms. The van der Waals surface area contributed by atoms with Gasteiger partial charge in [0.15, 0.2) is 0 Å². The van der Waals surface area contributed by atoms with Gasteiger partial charge in [0, 0.05) is 10.0 Å². The van der Waals surface area contributed by atoms with E-state index in [-0.39, 0.29) is 33.2 Å². The predicted octanol–water partition coefficient (Wildman–Crippen LogP) is 4.93. The number of rotatable bonds is 6. The molecule has 0 bridgehead atoms. The Bertz CT molecular complexity index is 1050. The molecule has 27 heavy (non-hydrogen) atoms. The summed E-state index contributed by atoms with van der Waals surface area (Å²) >= 11 is 15.0. The van der Waals surface area contributed by atoms with Crippen molar-refractivity contribution in [1.29, 1.82) is 0 Å². The number of anilines is 1. The van der Waals surface area contributed by atoms with E-state index in [9.17, 15) is 8.42 Å². The summed E-state index contributed by atoms with van der Waals surface area (Å²) in [5.41, 5.74) is 0.898. The third kappa shape index (κ3) is 5.32. The van der Waals surface area contributed by atoms with Crippen LogP contribution >= 0.6 is 39.1 Å². The molecule has 0 aliphatic carbocycles. The molecule has 0 fully saturated rings. The standard InChI is InChI=1S/C17H12BrCl2N3O3S/c18-15-9-21-16(17(22-15)26-10-11-4-2-1-3-5-11)23-27(24,25)14-7-12(19)6-13(20)8-14/h1-9H,10H2,(H,21,23). The molecule has 6 nitrogen and oxygen atoms in total. The van der Waals surface area contributed by atoms with Crippen LogP contribution < -0.4 is 9.46 Å². The van der Waals surface area contributed by atoms with Gasteiger partial charge in [-0.05, 0) is 39.7 Å². The second-order valence-corrected chi connectivity index (χ2v) is 8.70. The zero-order chi connectivity index (χ0) is 19.4. The molecule has 3 rings (SSSR count). The smallest absolute Gasteiger partial charge is 0.263 e. The molecule has 1 N–H and O–H groups in total. The Kier molecular flexibility index (Phi) is 6.21. The van der Waals surface area contributed by atoms with Crippen molar-refractivity contribution in [1.82, 2.24) is 9.97 Å². The third-order valence-electron chi connectivity index (χ3n) is 3.31. The molecule has 0 atom stereocenters. The number of benzene rings is 2. The minimum absolute atomic E-state index is 0.0323. The van der Waals surface area contributed by atoms with Gasteiger partial charge in [-0.1, -0.05) is 53.5 Å². The van der Waals surface area contributed by atoms with Crippen molar-refractivity contribution in [3.63, 3.8) is 0 Å². The van der Waals surface area contributed by atoms with Crippen molar-refractivity contribution in [2.24, 2.45) is 0 Å². The largest absolute Gasteiger partial charge is 0.470 e. The lowest BCUT2D eigenvalue weighted by Crippen LogP contribution is -2.15. The van der Waals surface area contributed by atoms with Crippen LogP contribution in [0.4, 0.5) is 5.82 Å². The fourth-order valence-electron chi connectivity index (χ4n) is 2.12. The zero-order valence-corrected chi connectivity index (χ0v) is 17.5. The summed E-state index contributed by atoms with van der Waals surface area (Å²) in [7, 11) is -3.99. The number of halogens is 3. The van der Waals surface area contributed by atoms with Crippen molar-refractivity contribution in [3.05, 3.63) is 74.9 Å². The minimum atomic E-state index is -3.99. The third-order valence-corrected chi connectivity index (χ3v) is 5.44. The summed E-state index contributed by atoms with van der Waals surface area (Å²) < 4.78 is 33.7. The number of nitrogens with zero attached hydrogens (tertiary/aromatic N) is 2. The van der Waals surface area contributed by atoms with Crippen molar-refractivity contribution in [2.45, 2.75) is 11.5 Å². The van der Waals surface area contributed by atoms with E-state index in [1.807, 2.05) is 30.3 Å². The molecule has 0 aliphatic heterocycles. The Balaban J connectivity index is 1.87. The molecule has 0 radical (unpaired) electrons. The summed E-state index contributed by atoms with van der Waals surface area (Å²) in [6.45, 7) is 0.198. The maximum atomic E-state index is 12.7. The second-order valence-electron chi connectivity index (χ2n) is 5.33. The van der Waals surface area contributed by atoms with Crippen molar-refractivity contribution in [3.8, 4) is 5.88 Å². The number of hydrogen-bond acceptors (Lipinski definition) is 5. The quantitative estimate of drug-likeness (QED) is 0.532. The van der Waals surface area contributed by atoms with E-state index in [4.69, 9.17) is 27.9 Å². The van der Waals surface area contributed by atoms with Crippen LogP contribution in [0.1, 0.15) is 5.56 Å². The highest BCUT2D eigenvalue weighted by Gasteiger charge is 2.20. The summed E-state index contributed by atoms with van der Waals surface area (Å²) in [4.78, 5) is 8.11. The van der Waals surface area contributed by atoms with Crippen molar-refractivity contribution < 1.29 is 13.2 Å². The van der Waals surface area contributed by atoms with Crippen LogP contribution in [0.3, 0.4) is 0 Å². The molecule has 0 saturated heterocycles. The summed E-state index contributed by atoms with van der Waals surface area (Å²) in [5, 5.41) is 0.399. The van der Waals surface area contributed by atoms with E-state index < -0.39 is 10.0 Å². The van der Waals surface area contributed by atoms with Crippen LogP contribution in [0.15, 0.2) is 64.2 Å². The molecule has 10 heteroatoms. The first-order chi connectivity index (χ1) is 12.8. The molecule has 3 aromatic rings. The van der Waals surface area contributed by atoms with E-state index in [0.717, 1.165) is 5.56 Å². The lowest BCUT2D eigenvalue weighted by molar-refractivity contribution is 0.294. The number of hydrogen-bond donors (Lipinski definition) is 1. The fraction of sp³-hybridized carbons (Fsp3) is 0.0588. The molecular weight excluding hydrogens is 477 g/mol. The minimum Gasteiger partial charge on any atom is -0.470 e. The zero-order valence-electron chi connectivity index (χ0n) is 13.6. The van der Waals surface area contributed by atoms with E-state index >= 15 is 0 Å². The maximum absolute atomic E-state index is 12.7. The summed E-state index contributed by atoms with van der Waals surface area (Å²) in [6.07, 6.45) is 1.36. The highest BCUT2D eigenvalue weighted by molar-refractivity contribution is 9.10. The average molecular weight is 489 g/mol. The van der Waals surface area contributed by atoms with E-state index in [0.29, 0.717) is 4.60 Å². The number of sulfonamides is 1. The van der Waals surface area contributed by atoms with Gasteiger partial charge in [-0.15, -0.1) is 0 Å². The molecule has 0 unspecified atom stereocenters. The van der Waals surface area contributed by atoms with Crippen molar-refractivity contribution >= 4 is 55.0 Å². The van der Waals surface area contributed by atoms with Crippen LogP contribution in [-0.4, -0.2) is 18.4 Å². The Labute approximate surface area is 174 Å². The van der Waals surface area contributed by atoms with Crippen LogP contribution in [-0.2, 0) is 16.6 Å². The molecule has 0 aliphatic rings. The first-order valence-corrected chi connectivity index (χ1v) is 10.5. The summed E-state index contributed by atoms with van der Waals surface area (Å²) in [6, 6.07) is 13.4. The maximum Gasteiger partial charge on any atom is 0.263 e. The molecule has 0 saturated carbocycles. The number of ether oxygens (including phenoxy) is 1. The topological polar surface area (TPSA) is 81.2 Å².